The van der Waals surface area contributed by atoms with E-state index in [0.29, 0.717) is 0 Å². The van der Waals surface area contributed by atoms with Crippen LogP contribution < -0.4 is 4.90 Å². The van der Waals surface area contributed by atoms with Crippen molar-refractivity contribution < 1.29 is 8.83 Å². The molecular formula is C46H27NO2S. The molecule has 3 aromatic heterocycles. The number of nitrogens with zero attached hydrogens (tertiary/aromatic N) is 1. The molecule has 0 aliphatic heterocycles. The zero-order chi connectivity index (χ0) is 32.8. The number of fused-ring (bicyclic) bond motifs is 11. The van der Waals surface area contributed by atoms with E-state index in [1.807, 2.05) is 11.3 Å². The lowest BCUT2D eigenvalue weighted by Gasteiger charge is -2.25. The van der Waals surface area contributed by atoms with Gasteiger partial charge in [-0.05, 0) is 93.2 Å². The molecule has 3 nitrogen and oxygen atoms in total. The highest BCUT2D eigenvalue weighted by molar-refractivity contribution is 7.22. The Balaban J connectivity index is 1.09. The molecule has 0 unspecified atom stereocenters. The molecule has 11 rings (SSSR count). The normalized spacial score (nSPS) is 12.0. The smallest absolute Gasteiger partial charge is 0.137 e. The van der Waals surface area contributed by atoms with Crippen molar-refractivity contribution in [2.75, 3.05) is 4.90 Å². The average Bonchev–Trinajstić information content (AvgIpc) is 3.88. The lowest BCUT2D eigenvalue weighted by molar-refractivity contribution is 0.669. The molecule has 234 valence electrons. The van der Waals surface area contributed by atoms with Gasteiger partial charge in [-0.1, -0.05) is 91.0 Å². The van der Waals surface area contributed by atoms with Crippen molar-refractivity contribution in [3.8, 4) is 10.4 Å². The van der Waals surface area contributed by atoms with E-state index in [1.54, 1.807) is 0 Å². The van der Waals surface area contributed by atoms with Gasteiger partial charge in [0.1, 0.15) is 22.3 Å². The van der Waals surface area contributed by atoms with E-state index in [9.17, 15) is 0 Å². The summed E-state index contributed by atoms with van der Waals surface area (Å²) >= 11 is 1.83. The van der Waals surface area contributed by atoms with Crippen molar-refractivity contribution in [3.63, 3.8) is 0 Å². The van der Waals surface area contributed by atoms with Crippen LogP contribution in [0, 0.1) is 0 Å². The summed E-state index contributed by atoms with van der Waals surface area (Å²) in [5.41, 5.74) is 7.78. The van der Waals surface area contributed by atoms with Crippen LogP contribution in [0.2, 0.25) is 0 Å². The molecule has 11 aromatic rings. The van der Waals surface area contributed by atoms with E-state index >= 15 is 0 Å². The van der Waals surface area contributed by atoms with Gasteiger partial charge in [0.25, 0.3) is 0 Å². The molecule has 4 heteroatoms. The first kappa shape index (κ1) is 27.6. The van der Waals surface area contributed by atoms with Crippen LogP contribution in [-0.4, -0.2) is 0 Å². The zero-order valence-corrected chi connectivity index (χ0v) is 27.6. The largest absolute Gasteiger partial charge is 0.456 e. The number of hydrogen-bond donors (Lipinski definition) is 0. The summed E-state index contributed by atoms with van der Waals surface area (Å²) in [6.07, 6.45) is 0. The Labute approximate surface area is 290 Å². The molecule has 0 radical (unpaired) electrons. The first-order valence-electron chi connectivity index (χ1n) is 16.8. The third kappa shape index (κ3) is 4.16. The fourth-order valence-corrected chi connectivity index (χ4v) is 8.76. The number of anilines is 3. The third-order valence-electron chi connectivity index (χ3n) is 10.0. The van der Waals surface area contributed by atoms with Crippen LogP contribution in [0.4, 0.5) is 17.1 Å². The van der Waals surface area contributed by atoms with E-state index in [-0.39, 0.29) is 0 Å². The summed E-state index contributed by atoms with van der Waals surface area (Å²) in [5, 5.41) is 10.6. The highest BCUT2D eigenvalue weighted by Crippen LogP contribution is 2.43. The van der Waals surface area contributed by atoms with E-state index in [4.69, 9.17) is 8.83 Å². The predicted molar refractivity (Wildman–Crippen MR) is 212 cm³/mol. The molecule has 0 spiro atoms. The van der Waals surface area contributed by atoms with Crippen LogP contribution in [0.25, 0.3) is 85.9 Å². The molecule has 0 saturated carbocycles. The van der Waals surface area contributed by atoms with Crippen LogP contribution in [0.15, 0.2) is 173 Å². The van der Waals surface area contributed by atoms with E-state index in [2.05, 4.69) is 169 Å². The number of benzene rings is 8. The summed E-state index contributed by atoms with van der Waals surface area (Å²) in [5.74, 6) is 0. The van der Waals surface area contributed by atoms with Gasteiger partial charge in [-0.25, -0.2) is 0 Å². The molecule has 8 aromatic carbocycles. The maximum absolute atomic E-state index is 6.54. The van der Waals surface area contributed by atoms with E-state index in [1.165, 1.54) is 42.1 Å². The van der Waals surface area contributed by atoms with Crippen molar-refractivity contribution in [1.29, 1.82) is 0 Å². The molecule has 0 aliphatic rings. The average molecular weight is 658 g/mol. The summed E-state index contributed by atoms with van der Waals surface area (Å²) in [4.78, 5) is 3.56. The Morgan fingerprint density at radius 1 is 0.380 bits per heavy atom. The van der Waals surface area contributed by atoms with Crippen molar-refractivity contribution in [3.05, 3.63) is 164 Å². The van der Waals surface area contributed by atoms with Gasteiger partial charge in [-0.3, -0.25) is 0 Å². The summed E-state index contributed by atoms with van der Waals surface area (Å²) < 4.78 is 14.4. The van der Waals surface area contributed by atoms with Crippen LogP contribution in [0.1, 0.15) is 0 Å². The van der Waals surface area contributed by atoms with Crippen molar-refractivity contribution in [1.82, 2.24) is 0 Å². The molecule has 0 atom stereocenters. The van der Waals surface area contributed by atoms with Gasteiger partial charge in [-0.15, -0.1) is 11.3 Å². The number of rotatable bonds is 4. The summed E-state index contributed by atoms with van der Waals surface area (Å²) in [6, 6.07) is 58.3. The van der Waals surface area contributed by atoms with Gasteiger partial charge in [0, 0.05) is 60.3 Å². The van der Waals surface area contributed by atoms with Crippen LogP contribution in [-0.2, 0) is 0 Å². The zero-order valence-electron chi connectivity index (χ0n) is 26.8. The Hall–Kier alpha value is -6.36. The molecule has 0 N–H and O–H groups in total. The molecule has 3 heterocycles. The minimum absolute atomic E-state index is 0.858. The van der Waals surface area contributed by atoms with Gasteiger partial charge < -0.3 is 13.7 Å². The maximum atomic E-state index is 6.54. The fourth-order valence-electron chi connectivity index (χ4n) is 7.69. The molecule has 0 fully saturated rings. The standard InChI is InChI=1S/C46H27NO2S/c1-4-10-35-28(7-1)15-23-39-45(35)37-21-19-33(26-41(37)48-39)47(32-17-13-30(14-18-32)44-25-31-9-3-6-12-43(31)50-44)34-20-22-38-42(27-34)49-40-24-16-29-8-2-5-11-36(29)46(38)40/h1-27H. The first-order chi connectivity index (χ1) is 24.7. The van der Waals surface area contributed by atoms with Crippen LogP contribution >= 0.6 is 11.3 Å². The van der Waals surface area contributed by atoms with Crippen molar-refractivity contribution in [2.45, 2.75) is 0 Å². The quantitative estimate of drug-likeness (QED) is 0.189. The van der Waals surface area contributed by atoms with Gasteiger partial charge in [0.2, 0.25) is 0 Å². The molecular weight excluding hydrogens is 631 g/mol. The van der Waals surface area contributed by atoms with Gasteiger partial charge in [-0.2, -0.15) is 0 Å². The van der Waals surface area contributed by atoms with Crippen molar-refractivity contribution in [2.24, 2.45) is 0 Å². The van der Waals surface area contributed by atoms with Crippen molar-refractivity contribution >= 4 is 104 Å². The Morgan fingerprint density at radius 2 is 0.900 bits per heavy atom. The topological polar surface area (TPSA) is 29.5 Å². The molecule has 50 heavy (non-hydrogen) atoms. The fraction of sp³-hybridized carbons (Fsp3) is 0. The minimum Gasteiger partial charge on any atom is -0.456 e. The van der Waals surface area contributed by atoms with Gasteiger partial charge in [0.15, 0.2) is 0 Å². The molecule has 0 bridgehead atoms. The lowest BCUT2D eigenvalue weighted by atomic mass is 10.0. The highest BCUT2D eigenvalue weighted by atomic mass is 32.1. The SMILES string of the molecule is c1ccc2sc(-c3ccc(N(c4ccc5c(c4)oc4ccc6ccccc6c45)c4ccc5c(c4)oc4ccc6ccccc6c45)cc3)cc2c1. The second-order valence-electron chi connectivity index (χ2n) is 12.9. The molecule has 0 amide bonds. The first-order valence-corrected chi connectivity index (χ1v) is 17.6. The Kier molecular flexibility index (Phi) is 5.83. The Morgan fingerprint density at radius 3 is 1.48 bits per heavy atom. The Bertz CT molecular complexity index is 2920. The van der Waals surface area contributed by atoms with E-state index < -0.39 is 0 Å². The van der Waals surface area contributed by atoms with Crippen LogP contribution in [0.3, 0.4) is 0 Å². The predicted octanol–water partition coefficient (Wildman–Crippen LogP) is 14.1. The summed E-state index contributed by atoms with van der Waals surface area (Å²) in [7, 11) is 0. The number of thiophene rings is 1. The van der Waals surface area contributed by atoms with E-state index in [0.717, 1.165) is 60.9 Å². The van der Waals surface area contributed by atoms with Crippen LogP contribution in [0.5, 0.6) is 0 Å². The second-order valence-corrected chi connectivity index (χ2v) is 14.0. The number of furan rings is 2. The molecule has 0 saturated heterocycles. The monoisotopic (exact) mass is 657 g/mol. The highest BCUT2D eigenvalue weighted by Gasteiger charge is 2.19. The van der Waals surface area contributed by atoms with Gasteiger partial charge >= 0.3 is 0 Å². The minimum atomic E-state index is 0.858. The third-order valence-corrected chi connectivity index (χ3v) is 11.2. The number of hydrogen-bond acceptors (Lipinski definition) is 4. The second kappa shape index (κ2) is 10.6. The maximum Gasteiger partial charge on any atom is 0.137 e. The summed E-state index contributed by atoms with van der Waals surface area (Å²) in [6.45, 7) is 0. The van der Waals surface area contributed by atoms with Gasteiger partial charge in [0.05, 0.1) is 0 Å². The lowest BCUT2D eigenvalue weighted by Crippen LogP contribution is -2.09. The molecule has 0 aliphatic carbocycles.